The molecule has 49 heavy (non-hydrogen) atoms. The lowest BCUT2D eigenvalue weighted by molar-refractivity contribution is 0.0935. The molecule has 1 aliphatic rings. The molecule has 1 unspecified atom stereocenters. The summed E-state index contributed by atoms with van der Waals surface area (Å²) in [5.41, 5.74) is 12.1. The predicted molar refractivity (Wildman–Crippen MR) is 200 cm³/mol. The minimum absolute atomic E-state index is 0.231. The lowest BCUT2D eigenvalue weighted by Gasteiger charge is -2.25. The molecule has 0 saturated heterocycles. The highest BCUT2D eigenvalue weighted by Crippen LogP contribution is 2.45. The Kier molecular flexibility index (Phi) is 6.78. The van der Waals surface area contributed by atoms with Crippen molar-refractivity contribution in [2.24, 2.45) is 0 Å². The number of aromatic nitrogens is 1. The molecule has 0 bridgehead atoms. The number of hydrogen-bond donors (Lipinski definition) is 1. The van der Waals surface area contributed by atoms with Crippen LogP contribution in [0.4, 0.5) is 5.69 Å². The average Bonchev–Trinajstić information content (AvgIpc) is 3.62. The predicted octanol–water partition coefficient (Wildman–Crippen LogP) is 10.7. The molecule has 2 heterocycles. The van der Waals surface area contributed by atoms with Crippen molar-refractivity contribution in [2.45, 2.75) is 13.2 Å². The van der Waals surface area contributed by atoms with Crippen LogP contribution in [-0.4, -0.2) is 15.6 Å². The van der Waals surface area contributed by atoms with E-state index in [0.717, 1.165) is 55.3 Å². The molecule has 1 N–H and O–H groups in total. The maximum absolute atomic E-state index is 14.8. The Balaban J connectivity index is 1.22. The van der Waals surface area contributed by atoms with Gasteiger partial charge in [0.15, 0.2) is 6.23 Å². The zero-order valence-corrected chi connectivity index (χ0v) is 26.9. The highest BCUT2D eigenvalue weighted by atomic mass is 16.3. The lowest BCUT2D eigenvalue weighted by atomic mass is 9.96. The third-order valence-corrected chi connectivity index (χ3v) is 9.85. The molecular weight excluding hydrogens is 601 g/mol. The molecule has 4 nitrogen and oxygen atoms in total. The monoisotopic (exact) mass is 632 g/mol. The van der Waals surface area contributed by atoms with Crippen LogP contribution in [0.1, 0.15) is 27.7 Å². The van der Waals surface area contributed by atoms with Crippen molar-refractivity contribution in [3.8, 4) is 39.1 Å². The molecule has 4 heteroatoms. The number of para-hydroxylation sites is 1. The number of rotatable bonds is 5. The molecule has 234 valence electrons. The van der Waals surface area contributed by atoms with Crippen molar-refractivity contribution in [3.63, 3.8) is 0 Å². The van der Waals surface area contributed by atoms with E-state index in [0.29, 0.717) is 16.8 Å². The van der Waals surface area contributed by atoms with E-state index in [-0.39, 0.29) is 5.91 Å². The Morgan fingerprint density at radius 1 is 0.510 bits per heavy atom. The Bertz CT molecular complexity index is 2550. The minimum atomic E-state index is -1.15. The van der Waals surface area contributed by atoms with E-state index in [1.165, 1.54) is 11.1 Å². The maximum atomic E-state index is 14.8. The highest BCUT2D eigenvalue weighted by Gasteiger charge is 2.40. The van der Waals surface area contributed by atoms with E-state index in [1.807, 2.05) is 84.9 Å². The van der Waals surface area contributed by atoms with Crippen LogP contribution in [0.3, 0.4) is 0 Å². The van der Waals surface area contributed by atoms with Crippen LogP contribution in [0.2, 0.25) is 0 Å². The number of benzene rings is 7. The number of anilines is 1. The Labute approximate surface area is 284 Å². The van der Waals surface area contributed by atoms with Gasteiger partial charge in [0, 0.05) is 21.9 Å². The molecule has 9 rings (SSSR count). The second-order valence-electron chi connectivity index (χ2n) is 12.7. The first-order valence-corrected chi connectivity index (χ1v) is 16.6. The van der Waals surface area contributed by atoms with Gasteiger partial charge in [0.25, 0.3) is 5.91 Å². The van der Waals surface area contributed by atoms with Crippen LogP contribution < -0.4 is 4.90 Å². The van der Waals surface area contributed by atoms with E-state index in [1.54, 1.807) is 4.90 Å². The van der Waals surface area contributed by atoms with Crippen molar-refractivity contribution >= 4 is 33.4 Å². The molecule has 1 atom stereocenters. The van der Waals surface area contributed by atoms with Crippen LogP contribution in [-0.2, 0) is 0 Å². The van der Waals surface area contributed by atoms with Crippen molar-refractivity contribution in [1.29, 1.82) is 0 Å². The number of fused-ring (bicyclic) bond motifs is 4. The zero-order chi connectivity index (χ0) is 33.1. The standard InChI is InChI=1S/C45H32N2O2/c1-29-13-8-9-18-34(29)33-24-26-41-38(28-33)35-19-10-11-21-39(35)46(41)42-22-12-20-36-43(42)45(49)47(44(36)48)40-25-23-32(30-14-4-2-5-15-30)27-37(40)31-16-6-3-7-17-31/h2-28,44,48H,1H3. The van der Waals surface area contributed by atoms with Gasteiger partial charge in [-0.05, 0) is 76.7 Å². The number of nitrogens with zero attached hydrogens (tertiary/aromatic N) is 2. The number of aliphatic hydroxyl groups excluding tert-OH is 1. The molecule has 0 fully saturated rings. The molecular formula is C45H32N2O2. The third kappa shape index (κ3) is 4.61. The Morgan fingerprint density at radius 3 is 1.98 bits per heavy atom. The topological polar surface area (TPSA) is 45.5 Å². The fraction of sp³-hybridized carbons (Fsp3) is 0.0444. The van der Waals surface area contributed by atoms with E-state index < -0.39 is 6.23 Å². The second kappa shape index (κ2) is 11.5. The highest BCUT2D eigenvalue weighted by molar-refractivity contribution is 6.17. The summed E-state index contributed by atoms with van der Waals surface area (Å²) >= 11 is 0. The van der Waals surface area contributed by atoms with Gasteiger partial charge in [-0.1, -0.05) is 127 Å². The molecule has 0 spiro atoms. The van der Waals surface area contributed by atoms with Crippen LogP contribution in [0, 0.1) is 6.92 Å². The Hall–Kier alpha value is -6.23. The Morgan fingerprint density at radius 2 is 1.18 bits per heavy atom. The summed E-state index contributed by atoms with van der Waals surface area (Å²) in [4.78, 5) is 16.3. The van der Waals surface area contributed by atoms with Gasteiger partial charge in [0.2, 0.25) is 0 Å². The fourth-order valence-electron chi connectivity index (χ4n) is 7.51. The molecule has 7 aromatic carbocycles. The normalized spacial score (nSPS) is 14.1. The van der Waals surface area contributed by atoms with E-state index in [9.17, 15) is 9.90 Å². The largest absolute Gasteiger partial charge is 0.369 e. The van der Waals surface area contributed by atoms with Crippen LogP contribution >= 0.6 is 0 Å². The summed E-state index contributed by atoms with van der Waals surface area (Å²) in [5, 5.41) is 14.2. The van der Waals surface area contributed by atoms with Gasteiger partial charge < -0.3 is 9.67 Å². The van der Waals surface area contributed by atoms with E-state index in [4.69, 9.17) is 0 Å². The first-order chi connectivity index (χ1) is 24.1. The summed E-state index contributed by atoms with van der Waals surface area (Å²) in [6.45, 7) is 2.14. The van der Waals surface area contributed by atoms with Gasteiger partial charge in [0.05, 0.1) is 28.0 Å². The first kappa shape index (κ1) is 29.0. The van der Waals surface area contributed by atoms with Crippen LogP contribution in [0.25, 0.3) is 60.9 Å². The summed E-state index contributed by atoms with van der Waals surface area (Å²) in [7, 11) is 0. The lowest BCUT2D eigenvalue weighted by Crippen LogP contribution is -2.28. The number of hydrogen-bond acceptors (Lipinski definition) is 2. The molecule has 0 radical (unpaired) electrons. The van der Waals surface area contributed by atoms with Gasteiger partial charge in [0.1, 0.15) is 0 Å². The van der Waals surface area contributed by atoms with Gasteiger partial charge in [-0.2, -0.15) is 0 Å². The van der Waals surface area contributed by atoms with E-state index >= 15 is 0 Å². The molecule has 0 saturated carbocycles. The third-order valence-electron chi connectivity index (χ3n) is 9.85. The summed E-state index contributed by atoms with van der Waals surface area (Å²) < 4.78 is 2.18. The van der Waals surface area contributed by atoms with Gasteiger partial charge in [-0.3, -0.25) is 9.69 Å². The van der Waals surface area contributed by atoms with Crippen molar-refractivity contribution < 1.29 is 9.90 Å². The summed E-state index contributed by atoms with van der Waals surface area (Å²) in [5.74, 6) is -0.231. The van der Waals surface area contributed by atoms with Crippen LogP contribution in [0.15, 0.2) is 164 Å². The van der Waals surface area contributed by atoms with Gasteiger partial charge >= 0.3 is 0 Å². The molecule has 1 aromatic heterocycles. The second-order valence-corrected chi connectivity index (χ2v) is 12.7. The molecule has 0 aliphatic carbocycles. The molecule has 1 aliphatic heterocycles. The number of aryl methyl sites for hydroxylation is 1. The van der Waals surface area contributed by atoms with Gasteiger partial charge in [-0.15, -0.1) is 0 Å². The SMILES string of the molecule is Cc1ccccc1-c1ccc2c(c1)c1ccccc1n2-c1cccc2c1C(=O)N(c1ccc(-c3ccccc3)cc1-c1ccccc1)C2O. The van der Waals surface area contributed by atoms with E-state index in [2.05, 4.69) is 90.4 Å². The first-order valence-electron chi connectivity index (χ1n) is 16.6. The van der Waals surface area contributed by atoms with Crippen molar-refractivity contribution in [3.05, 3.63) is 180 Å². The quantitative estimate of drug-likeness (QED) is 0.205. The van der Waals surface area contributed by atoms with Crippen molar-refractivity contribution in [1.82, 2.24) is 4.57 Å². The average molecular weight is 633 g/mol. The fourth-order valence-corrected chi connectivity index (χ4v) is 7.51. The minimum Gasteiger partial charge on any atom is -0.369 e. The maximum Gasteiger partial charge on any atom is 0.263 e. The summed E-state index contributed by atoms with van der Waals surface area (Å²) in [6.07, 6.45) is -1.15. The number of amides is 1. The van der Waals surface area contributed by atoms with Gasteiger partial charge in [-0.25, -0.2) is 0 Å². The number of carbonyl (C=O) groups is 1. The number of carbonyl (C=O) groups excluding carboxylic acids is 1. The molecule has 8 aromatic rings. The number of aliphatic hydroxyl groups is 1. The van der Waals surface area contributed by atoms with Crippen molar-refractivity contribution in [2.75, 3.05) is 4.90 Å². The molecule has 1 amide bonds. The smallest absolute Gasteiger partial charge is 0.263 e. The summed E-state index contributed by atoms with van der Waals surface area (Å²) in [6, 6.07) is 55.5. The zero-order valence-electron chi connectivity index (χ0n) is 26.9. The van der Waals surface area contributed by atoms with Crippen LogP contribution in [0.5, 0.6) is 0 Å².